The lowest BCUT2D eigenvalue weighted by Gasteiger charge is -2.25. The Kier molecular flexibility index (Phi) is 5.97. The summed E-state index contributed by atoms with van der Waals surface area (Å²) >= 11 is 12.6. The zero-order valence-electron chi connectivity index (χ0n) is 11.7. The van der Waals surface area contributed by atoms with E-state index in [1.807, 2.05) is 18.2 Å². The van der Waals surface area contributed by atoms with E-state index >= 15 is 0 Å². The Morgan fingerprint density at radius 3 is 2.17 bits per heavy atom. The molecule has 1 N–H and O–H groups in total. The summed E-state index contributed by atoms with van der Waals surface area (Å²) in [6.45, 7) is 9.78. The largest absolute Gasteiger partial charge is 0.310 e. The van der Waals surface area contributed by atoms with Crippen LogP contribution in [0.4, 0.5) is 0 Å². The second kappa shape index (κ2) is 6.79. The van der Waals surface area contributed by atoms with E-state index < -0.39 is 0 Å². The molecule has 0 aliphatic heterocycles. The molecule has 0 amide bonds. The van der Waals surface area contributed by atoms with Crippen molar-refractivity contribution in [1.82, 2.24) is 5.32 Å². The Morgan fingerprint density at radius 1 is 1.17 bits per heavy atom. The summed E-state index contributed by atoms with van der Waals surface area (Å²) in [7, 11) is 0. The highest BCUT2D eigenvalue weighted by atomic mass is 35.5. The van der Waals surface area contributed by atoms with Gasteiger partial charge in [-0.15, -0.1) is 0 Å². The van der Waals surface area contributed by atoms with Crippen LogP contribution in [0.25, 0.3) is 0 Å². The third-order valence-electron chi connectivity index (χ3n) is 2.98. The van der Waals surface area contributed by atoms with Gasteiger partial charge in [0, 0.05) is 21.7 Å². The maximum absolute atomic E-state index is 6.29. The fourth-order valence-electron chi connectivity index (χ4n) is 2.02. The minimum atomic E-state index is 0.232. The van der Waals surface area contributed by atoms with Gasteiger partial charge in [0.25, 0.3) is 0 Å². The molecule has 0 aliphatic carbocycles. The van der Waals surface area contributed by atoms with Crippen molar-refractivity contribution in [2.75, 3.05) is 6.54 Å². The molecule has 0 heterocycles. The molecule has 1 aromatic rings. The molecule has 0 spiro atoms. The van der Waals surface area contributed by atoms with Gasteiger partial charge in [-0.2, -0.15) is 0 Å². The van der Waals surface area contributed by atoms with Crippen molar-refractivity contribution in [1.29, 1.82) is 0 Å². The molecule has 0 aromatic heterocycles. The SMILES string of the molecule is CCNC(CCC(C)(C)C)c1c(Cl)cccc1Cl. The summed E-state index contributed by atoms with van der Waals surface area (Å²) in [5, 5.41) is 4.99. The van der Waals surface area contributed by atoms with Crippen LogP contribution < -0.4 is 5.32 Å². The lowest BCUT2D eigenvalue weighted by Crippen LogP contribution is -2.23. The lowest BCUT2D eigenvalue weighted by atomic mass is 9.87. The van der Waals surface area contributed by atoms with Crippen LogP contribution >= 0.6 is 23.2 Å². The molecule has 18 heavy (non-hydrogen) atoms. The van der Waals surface area contributed by atoms with Crippen molar-refractivity contribution in [3.8, 4) is 0 Å². The van der Waals surface area contributed by atoms with Gasteiger partial charge >= 0.3 is 0 Å². The van der Waals surface area contributed by atoms with Crippen LogP contribution in [0.1, 0.15) is 52.1 Å². The van der Waals surface area contributed by atoms with E-state index in [-0.39, 0.29) is 6.04 Å². The number of halogens is 2. The zero-order valence-corrected chi connectivity index (χ0v) is 13.2. The van der Waals surface area contributed by atoms with E-state index in [2.05, 4.69) is 33.0 Å². The number of benzene rings is 1. The molecule has 0 radical (unpaired) electrons. The van der Waals surface area contributed by atoms with Crippen LogP contribution in [0.2, 0.25) is 10.0 Å². The van der Waals surface area contributed by atoms with Crippen molar-refractivity contribution in [3.05, 3.63) is 33.8 Å². The Bertz CT molecular complexity index is 362. The fraction of sp³-hybridized carbons (Fsp3) is 0.600. The highest BCUT2D eigenvalue weighted by Gasteiger charge is 2.20. The highest BCUT2D eigenvalue weighted by Crippen LogP contribution is 2.35. The van der Waals surface area contributed by atoms with Crippen molar-refractivity contribution >= 4 is 23.2 Å². The minimum absolute atomic E-state index is 0.232. The molecule has 0 saturated heterocycles. The first kappa shape index (κ1) is 15.8. The number of nitrogens with one attached hydrogen (secondary N) is 1. The quantitative estimate of drug-likeness (QED) is 0.757. The molecular formula is C15H23Cl2N. The summed E-state index contributed by atoms with van der Waals surface area (Å²) in [5.74, 6) is 0. The van der Waals surface area contributed by atoms with Crippen LogP contribution in [0, 0.1) is 5.41 Å². The average Bonchev–Trinajstić information content (AvgIpc) is 2.24. The summed E-state index contributed by atoms with van der Waals surface area (Å²) in [6, 6.07) is 5.94. The topological polar surface area (TPSA) is 12.0 Å². The summed E-state index contributed by atoms with van der Waals surface area (Å²) in [5.41, 5.74) is 1.36. The van der Waals surface area contributed by atoms with Gasteiger partial charge in [-0.25, -0.2) is 0 Å². The first-order valence-electron chi connectivity index (χ1n) is 6.52. The zero-order chi connectivity index (χ0) is 13.8. The summed E-state index contributed by atoms with van der Waals surface area (Å²) in [6.07, 6.45) is 2.17. The highest BCUT2D eigenvalue weighted by molar-refractivity contribution is 6.36. The van der Waals surface area contributed by atoms with Crippen LogP contribution in [-0.4, -0.2) is 6.54 Å². The monoisotopic (exact) mass is 287 g/mol. The normalized spacial score (nSPS) is 13.7. The second-order valence-electron chi connectivity index (χ2n) is 5.84. The Labute approximate surface area is 121 Å². The third kappa shape index (κ3) is 4.79. The van der Waals surface area contributed by atoms with Gasteiger partial charge in [0.05, 0.1) is 0 Å². The summed E-state index contributed by atoms with van der Waals surface area (Å²) < 4.78 is 0. The molecule has 1 atom stereocenters. The van der Waals surface area contributed by atoms with Crippen LogP contribution in [0.5, 0.6) is 0 Å². The van der Waals surface area contributed by atoms with Gasteiger partial charge in [0.15, 0.2) is 0 Å². The third-order valence-corrected chi connectivity index (χ3v) is 3.64. The Morgan fingerprint density at radius 2 is 1.72 bits per heavy atom. The molecule has 1 nitrogen and oxygen atoms in total. The standard InChI is InChI=1S/C15H23Cl2N/c1-5-18-13(9-10-15(2,3)4)14-11(16)7-6-8-12(14)17/h6-8,13,18H,5,9-10H2,1-4H3. The first-order valence-corrected chi connectivity index (χ1v) is 7.28. The molecule has 0 aliphatic rings. The van der Waals surface area contributed by atoms with Crippen LogP contribution in [-0.2, 0) is 0 Å². The number of hydrogen-bond donors (Lipinski definition) is 1. The molecule has 3 heteroatoms. The van der Waals surface area contributed by atoms with Crippen molar-refractivity contribution < 1.29 is 0 Å². The van der Waals surface area contributed by atoms with E-state index in [1.165, 1.54) is 0 Å². The van der Waals surface area contributed by atoms with Crippen LogP contribution in [0.3, 0.4) is 0 Å². The van der Waals surface area contributed by atoms with Crippen molar-refractivity contribution in [3.63, 3.8) is 0 Å². The second-order valence-corrected chi connectivity index (χ2v) is 6.66. The molecule has 0 bridgehead atoms. The van der Waals surface area contributed by atoms with Gasteiger partial charge in [-0.1, -0.05) is 57.0 Å². The molecule has 1 aromatic carbocycles. The van der Waals surface area contributed by atoms with E-state index in [1.54, 1.807) is 0 Å². The van der Waals surface area contributed by atoms with Gasteiger partial charge < -0.3 is 5.32 Å². The van der Waals surface area contributed by atoms with E-state index in [0.29, 0.717) is 5.41 Å². The molecular weight excluding hydrogens is 265 g/mol. The van der Waals surface area contributed by atoms with Crippen molar-refractivity contribution in [2.45, 2.75) is 46.6 Å². The molecule has 1 unspecified atom stereocenters. The Hall–Kier alpha value is -0.240. The number of hydrogen-bond acceptors (Lipinski definition) is 1. The van der Waals surface area contributed by atoms with E-state index in [4.69, 9.17) is 23.2 Å². The lowest BCUT2D eigenvalue weighted by molar-refractivity contribution is 0.334. The molecule has 0 fully saturated rings. The Balaban J connectivity index is 2.90. The van der Waals surface area contributed by atoms with Gasteiger partial charge in [0.2, 0.25) is 0 Å². The summed E-state index contributed by atoms with van der Waals surface area (Å²) in [4.78, 5) is 0. The predicted molar refractivity (Wildman–Crippen MR) is 81.6 cm³/mol. The van der Waals surface area contributed by atoms with Gasteiger partial charge in [-0.3, -0.25) is 0 Å². The molecule has 1 rings (SSSR count). The maximum atomic E-state index is 6.29. The predicted octanol–water partition coefficient (Wildman–Crippen LogP) is 5.47. The minimum Gasteiger partial charge on any atom is -0.310 e. The molecule has 102 valence electrons. The average molecular weight is 288 g/mol. The van der Waals surface area contributed by atoms with Gasteiger partial charge in [0.1, 0.15) is 0 Å². The van der Waals surface area contributed by atoms with Crippen LogP contribution in [0.15, 0.2) is 18.2 Å². The molecule has 0 saturated carbocycles. The van der Waals surface area contributed by atoms with Gasteiger partial charge in [-0.05, 0) is 36.9 Å². The fourth-order valence-corrected chi connectivity index (χ4v) is 2.68. The van der Waals surface area contributed by atoms with E-state index in [0.717, 1.165) is 35.0 Å². The maximum Gasteiger partial charge on any atom is 0.0468 e. The first-order chi connectivity index (χ1) is 8.35. The van der Waals surface area contributed by atoms with Crippen molar-refractivity contribution in [2.24, 2.45) is 5.41 Å². The number of rotatable bonds is 5. The van der Waals surface area contributed by atoms with E-state index in [9.17, 15) is 0 Å². The smallest absolute Gasteiger partial charge is 0.0468 e.